The van der Waals surface area contributed by atoms with Crippen molar-refractivity contribution in [2.45, 2.75) is 56.4 Å². The molecular weight excluding hydrogens is 332 g/mol. The second kappa shape index (κ2) is 8.52. The van der Waals surface area contributed by atoms with Crippen LogP contribution in [0.15, 0.2) is 35.5 Å². The van der Waals surface area contributed by atoms with Gasteiger partial charge in [-0.2, -0.15) is 0 Å². The van der Waals surface area contributed by atoms with E-state index in [1.165, 1.54) is 43.9 Å². The van der Waals surface area contributed by atoms with Crippen molar-refractivity contribution in [1.29, 1.82) is 0 Å². The second-order valence-electron chi connectivity index (χ2n) is 6.71. The van der Waals surface area contributed by atoms with Gasteiger partial charge in [0.1, 0.15) is 5.82 Å². The fraction of sp³-hybridized carbons (Fsp3) is 0.526. The topological polar surface area (TPSA) is 59.8 Å². The van der Waals surface area contributed by atoms with Crippen LogP contribution in [-0.4, -0.2) is 32.5 Å². The predicted octanol–water partition coefficient (Wildman–Crippen LogP) is 3.75. The molecule has 0 spiro atoms. The number of carbonyl (C=O) groups excluding carboxylic acids is 1. The van der Waals surface area contributed by atoms with Crippen molar-refractivity contribution in [2.24, 2.45) is 5.92 Å². The standard InChI is InChI=1S/C19H26N4OS/c1-14(18(24)20-13-16-9-5-3-6-10-16)25-19-22-21-15(2)23(19)17-11-7-4-8-12-17/h4,7-8,11-12,14,16H,3,5-6,9-10,13H2,1-2H3,(H,20,24). The van der Waals surface area contributed by atoms with E-state index in [9.17, 15) is 4.79 Å². The van der Waals surface area contributed by atoms with Crippen LogP contribution in [0, 0.1) is 12.8 Å². The lowest BCUT2D eigenvalue weighted by Gasteiger charge is -2.22. The van der Waals surface area contributed by atoms with E-state index < -0.39 is 0 Å². The molecule has 1 amide bonds. The van der Waals surface area contributed by atoms with E-state index in [4.69, 9.17) is 0 Å². The molecule has 5 nitrogen and oxygen atoms in total. The number of nitrogens with one attached hydrogen (secondary N) is 1. The Kier molecular flexibility index (Phi) is 6.13. The summed E-state index contributed by atoms with van der Waals surface area (Å²) < 4.78 is 2.00. The summed E-state index contributed by atoms with van der Waals surface area (Å²) in [6, 6.07) is 10.0. The number of aromatic nitrogens is 3. The van der Waals surface area contributed by atoms with Gasteiger partial charge in [0.2, 0.25) is 5.91 Å². The summed E-state index contributed by atoms with van der Waals surface area (Å²) in [5, 5.41) is 12.1. The van der Waals surface area contributed by atoms with E-state index in [2.05, 4.69) is 15.5 Å². The largest absolute Gasteiger partial charge is 0.355 e. The molecule has 2 aromatic rings. The van der Waals surface area contributed by atoms with Gasteiger partial charge < -0.3 is 5.32 Å². The molecule has 1 atom stereocenters. The van der Waals surface area contributed by atoms with E-state index in [-0.39, 0.29) is 11.2 Å². The van der Waals surface area contributed by atoms with Crippen molar-refractivity contribution in [3.63, 3.8) is 0 Å². The monoisotopic (exact) mass is 358 g/mol. The summed E-state index contributed by atoms with van der Waals surface area (Å²) in [5.41, 5.74) is 1.02. The highest BCUT2D eigenvalue weighted by Crippen LogP contribution is 2.26. The molecule has 0 radical (unpaired) electrons. The van der Waals surface area contributed by atoms with E-state index in [1.54, 1.807) is 0 Å². The number of benzene rings is 1. The van der Waals surface area contributed by atoms with Gasteiger partial charge in [-0.05, 0) is 44.7 Å². The predicted molar refractivity (Wildman–Crippen MR) is 101 cm³/mol. The van der Waals surface area contributed by atoms with Gasteiger partial charge in [0.25, 0.3) is 0 Å². The quantitative estimate of drug-likeness (QED) is 0.799. The SMILES string of the molecule is Cc1nnc(SC(C)C(=O)NCC2CCCCC2)n1-c1ccccc1. The molecule has 1 aromatic heterocycles. The van der Waals surface area contributed by atoms with Crippen LogP contribution in [0.2, 0.25) is 0 Å². The molecule has 1 N–H and O–H groups in total. The fourth-order valence-corrected chi connectivity index (χ4v) is 4.22. The maximum atomic E-state index is 12.5. The Balaban J connectivity index is 1.61. The minimum Gasteiger partial charge on any atom is -0.355 e. The van der Waals surface area contributed by atoms with Crippen molar-refractivity contribution in [3.05, 3.63) is 36.2 Å². The first-order valence-corrected chi connectivity index (χ1v) is 9.95. The zero-order valence-corrected chi connectivity index (χ0v) is 15.8. The molecule has 6 heteroatoms. The molecule has 1 heterocycles. The minimum absolute atomic E-state index is 0.0795. The number of rotatable bonds is 6. The molecule has 1 aliphatic carbocycles. The third-order valence-corrected chi connectivity index (χ3v) is 5.79. The first kappa shape index (κ1) is 18.0. The van der Waals surface area contributed by atoms with Crippen molar-refractivity contribution < 1.29 is 4.79 Å². The number of aryl methyl sites for hydroxylation is 1. The number of thioether (sulfide) groups is 1. The Labute approximate surface area is 153 Å². The Morgan fingerprint density at radius 2 is 1.96 bits per heavy atom. The van der Waals surface area contributed by atoms with Gasteiger partial charge in [0, 0.05) is 12.2 Å². The number of carbonyl (C=O) groups is 1. The molecule has 0 saturated heterocycles. The summed E-state index contributed by atoms with van der Waals surface area (Å²) in [4.78, 5) is 12.5. The number of amides is 1. The van der Waals surface area contributed by atoms with Gasteiger partial charge >= 0.3 is 0 Å². The zero-order chi connectivity index (χ0) is 17.6. The lowest BCUT2D eigenvalue weighted by molar-refractivity contribution is -0.120. The van der Waals surface area contributed by atoms with Crippen LogP contribution in [0.5, 0.6) is 0 Å². The molecule has 134 valence electrons. The summed E-state index contributed by atoms with van der Waals surface area (Å²) >= 11 is 1.46. The summed E-state index contributed by atoms with van der Waals surface area (Å²) in [7, 11) is 0. The van der Waals surface area contributed by atoms with Crippen molar-refractivity contribution in [1.82, 2.24) is 20.1 Å². The highest BCUT2D eigenvalue weighted by Gasteiger charge is 2.21. The second-order valence-corrected chi connectivity index (χ2v) is 8.02. The number of nitrogens with zero attached hydrogens (tertiary/aromatic N) is 3. The molecule has 25 heavy (non-hydrogen) atoms. The van der Waals surface area contributed by atoms with Gasteiger partial charge in [-0.3, -0.25) is 9.36 Å². The van der Waals surface area contributed by atoms with Crippen molar-refractivity contribution in [3.8, 4) is 5.69 Å². The summed E-state index contributed by atoms with van der Waals surface area (Å²) in [6.45, 7) is 4.66. The third kappa shape index (κ3) is 4.63. The maximum Gasteiger partial charge on any atom is 0.233 e. The van der Waals surface area contributed by atoms with Gasteiger partial charge in [0.15, 0.2) is 5.16 Å². The van der Waals surface area contributed by atoms with Gasteiger partial charge in [-0.15, -0.1) is 10.2 Å². The Hall–Kier alpha value is -1.82. The zero-order valence-electron chi connectivity index (χ0n) is 14.9. The van der Waals surface area contributed by atoms with E-state index in [1.807, 2.05) is 48.7 Å². The molecule has 1 aromatic carbocycles. The highest BCUT2D eigenvalue weighted by molar-refractivity contribution is 8.00. The number of para-hydroxylation sites is 1. The molecule has 1 fully saturated rings. The van der Waals surface area contributed by atoms with Crippen LogP contribution < -0.4 is 5.32 Å². The number of hydrogen-bond donors (Lipinski definition) is 1. The van der Waals surface area contributed by atoms with Crippen LogP contribution in [-0.2, 0) is 4.79 Å². The first-order valence-electron chi connectivity index (χ1n) is 9.07. The Morgan fingerprint density at radius 1 is 1.24 bits per heavy atom. The van der Waals surface area contributed by atoms with Gasteiger partial charge in [-0.25, -0.2) is 0 Å². The van der Waals surface area contributed by atoms with Crippen LogP contribution >= 0.6 is 11.8 Å². The van der Waals surface area contributed by atoms with Crippen LogP contribution in [0.3, 0.4) is 0 Å². The third-order valence-electron chi connectivity index (χ3n) is 4.75. The van der Waals surface area contributed by atoms with E-state index in [0.717, 1.165) is 23.2 Å². The fourth-order valence-electron chi connectivity index (χ4n) is 3.29. The van der Waals surface area contributed by atoms with Gasteiger partial charge in [0.05, 0.1) is 5.25 Å². The van der Waals surface area contributed by atoms with E-state index in [0.29, 0.717) is 5.92 Å². The van der Waals surface area contributed by atoms with Crippen LogP contribution in [0.4, 0.5) is 0 Å². The normalized spacial score (nSPS) is 16.6. The highest BCUT2D eigenvalue weighted by atomic mass is 32.2. The summed E-state index contributed by atoms with van der Waals surface area (Å²) in [5.74, 6) is 1.55. The average Bonchev–Trinajstić information content (AvgIpc) is 3.01. The number of hydrogen-bond acceptors (Lipinski definition) is 4. The van der Waals surface area contributed by atoms with Crippen LogP contribution in [0.1, 0.15) is 44.9 Å². The van der Waals surface area contributed by atoms with Gasteiger partial charge in [-0.1, -0.05) is 49.2 Å². The minimum atomic E-state index is -0.199. The van der Waals surface area contributed by atoms with Crippen LogP contribution in [0.25, 0.3) is 5.69 Å². The molecule has 0 aliphatic heterocycles. The molecule has 1 unspecified atom stereocenters. The summed E-state index contributed by atoms with van der Waals surface area (Å²) in [6.07, 6.45) is 6.41. The Bertz CT molecular complexity index is 695. The molecule has 0 bridgehead atoms. The lowest BCUT2D eigenvalue weighted by atomic mass is 9.89. The van der Waals surface area contributed by atoms with Crippen molar-refractivity contribution >= 4 is 17.7 Å². The van der Waals surface area contributed by atoms with Crippen molar-refractivity contribution in [2.75, 3.05) is 6.54 Å². The molecule has 1 aliphatic rings. The average molecular weight is 359 g/mol. The molecular formula is C19H26N4OS. The lowest BCUT2D eigenvalue weighted by Crippen LogP contribution is -2.35. The first-order chi connectivity index (χ1) is 12.1. The molecule has 1 saturated carbocycles. The van der Waals surface area contributed by atoms with E-state index >= 15 is 0 Å². The maximum absolute atomic E-state index is 12.5. The Morgan fingerprint density at radius 3 is 2.68 bits per heavy atom. The smallest absolute Gasteiger partial charge is 0.233 e. The molecule has 3 rings (SSSR count).